The van der Waals surface area contributed by atoms with Crippen LogP contribution in [0.25, 0.3) is 0 Å². The van der Waals surface area contributed by atoms with Gasteiger partial charge in [0.25, 0.3) is 0 Å². The zero-order valence-corrected chi connectivity index (χ0v) is 16.2. The van der Waals surface area contributed by atoms with Crippen LogP contribution in [0.15, 0.2) is 29.6 Å². The maximum atomic E-state index is 12.5. The molecule has 2 heterocycles. The smallest absolute Gasteiger partial charge is 0.343 e. The van der Waals surface area contributed by atoms with Gasteiger partial charge in [-0.1, -0.05) is 11.8 Å². The number of esters is 1. The minimum Gasteiger partial charge on any atom is -0.486 e. The van der Waals surface area contributed by atoms with Crippen molar-refractivity contribution in [2.45, 2.75) is 24.3 Å². The van der Waals surface area contributed by atoms with E-state index in [0.717, 1.165) is 11.8 Å². The number of nitrogens with one attached hydrogen (secondary N) is 1. The molecule has 3 N–H and O–H groups in total. The van der Waals surface area contributed by atoms with Crippen molar-refractivity contribution >= 4 is 35.1 Å². The van der Waals surface area contributed by atoms with Gasteiger partial charge in [-0.05, 0) is 26.0 Å². The Kier molecular flexibility index (Phi) is 6.19. The third-order valence-electron chi connectivity index (χ3n) is 3.75. The zero-order valence-electron chi connectivity index (χ0n) is 15.4. The molecule has 0 radical (unpaired) electrons. The fourth-order valence-electron chi connectivity index (χ4n) is 2.38. The van der Waals surface area contributed by atoms with Crippen molar-refractivity contribution in [3.8, 4) is 11.5 Å². The number of nitrogens with zero attached hydrogens (tertiary/aromatic N) is 2. The summed E-state index contributed by atoms with van der Waals surface area (Å²) in [6.07, 6.45) is 1.30. The summed E-state index contributed by atoms with van der Waals surface area (Å²) >= 11 is 1.13. The lowest BCUT2D eigenvalue weighted by atomic mass is 10.2. The number of ether oxygens (including phenoxy) is 3. The number of amides is 1. The second-order valence-corrected chi connectivity index (χ2v) is 7.09. The van der Waals surface area contributed by atoms with Crippen molar-refractivity contribution in [1.82, 2.24) is 9.97 Å². The summed E-state index contributed by atoms with van der Waals surface area (Å²) in [4.78, 5) is 32.4. The van der Waals surface area contributed by atoms with E-state index < -0.39 is 11.2 Å². The van der Waals surface area contributed by atoms with Crippen LogP contribution in [0.1, 0.15) is 24.2 Å². The lowest BCUT2D eigenvalue weighted by molar-refractivity contribution is -0.115. The van der Waals surface area contributed by atoms with Crippen molar-refractivity contribution in [1.29, 1.82) is 0 Å². The molecule has 0 fully saturated rings. The topological polar surface area (TPSA) is 126 Å². The van der Waals surface area contributed by atoms with E-state index in [9.17, 15) is 9.59 Å². The Hall–Kier alpha value is -3.01. The minimum atomic E-state index is -0.582. The summed E-state index contributed by atoms with van der Waals surface area (Å²) in [6, 6.07) is 5.21. The molecule has 1 aliphatic rings. The number of thioether (sulfide) groups is 1. The largest absolute Gasteiger partial charge is 0.486 e. The van der Waals surface area contributed by atoms with Gasteiger partial charge < -0.3 is 25.3 Å². The number of fused-ring (bicyclic) bond motifs is 1. The Morgan fingerprint density at radius 2 is 2.07 bits per heavy atom. The Labute approximate surface area is 166 Å². The molecule has 1 aromatic carbocycles. The highest BCUT2D eigenvalue weighted by molar-refractivity contribution is 8.00. The lowest BCUT2D eigenvalue weighted by Gasteiger charge is -2.19. The van der Waals surface area contributed by atoms with Gasteiger partial charge in [-0.15, -0.1) is 0 Å². The van der Waals surface area contributed by atoms with Crippen molar-refractivity contribution in [3.05, 3.63) is 30.0 Å². The van der Waals surface area contributed by atoms with Crippen molar-refractivity contribution in [2.75, 3.05) is 30.9 Å². The van der Waals surface area contributed by atoms with E-state index in [1.807, 2.05) is 0 Å². The van der Waals surface area contributed by atoms with E-state index in [0.29, 0.717) is 30.4 Å². The second kappa shape index (κ2) is 8.79. The predicted molar refractivity (Wildman–Crippen MR) is 104 cm³/mol. The molecule has 1 aliphatic heterocycles. The van der Waals surface area contributed by atoms with Crippen LogP contribution in [-0.2, 0) is 9.53 Å². The number of nitrogen functional groups attached to an aromatic ring is 1. The minimum absolute atomic E-state index is 0.00962. The summed E-state index contributed by atoms with van der Waals surface area (Å²) in [5, 5.41) is 2.61. The van der Waals surface area contributed by atoms with Crippen LogP contribution in [0.4, 0.5) is 11.5 Å². The van der Waals surface area contributed by atoms with Crippen LogP contribution in [0, 0.1) is 0 Å². The maximum Gasteiger partial charge on any atom is 0.343 e. The maximum absolute atomic E-state index is 12.5. The number of carbonyl (C=O) groups is 2. The second-order valence-electron chi connectivity index (χ2n) is 5.78. The van der Waals surface area contributed by atoms with Crippen molar-refractivity contribution in [3.63, 3.8) is 0 Å². The van der Waals surface area contributed by atoms with E-state index in [4.69, 9.17) is 19.9 Å². The van der Waals surface area contributed by atoms with Crippen molar-refractivity contribution in [2.24, 2.45) is 0 Å². The lowest BCUT2D eigenvalue weighted by Crippen LogP contribution is -2.23. The van der Waals surface area contributed by atoms with Crippen LogP contribution in [0.5, 0.6) is 11.5 Å². The van der Waals surface area contributed by atoms with Gasteiger partial charge in [0, 0.05) is 18.0 Å². The molecular formula is C18H20N4O5S. The summed E-state index contributed by atoms with van der Waals surface area (Å²) < 4.78 is 15.9. The fourth-order valence-corrected chi connectivity index (χ4v) is 3.12. The first-order valence-corrected chi connectivity index (χ1v) is 9.52. The molecule has 28 heavy (non-hydrogen) atoms. The highest BCUT2D eigenvalue weighted by atomic mass is 32.2. The normalized spacial score (nSPS) is 13.5. The molecule has 2 aromatic rings. The molecule has 0 saturated heterocycles. The number of carbonyl (C=O) groups excluding carboxylic acids is 2. The SMILES string of the molecule is CCOC(=O)c1cnc(S[C@@H](C)C(=O)Nc2ccc3c(c2)OCCO3)nc1N. The average Bonchev–Trinajstić information content (AvgIpc) is 2.68. The Morgan fingerprint density at radius 3 is 2.79 bits per heavy atom. The van der Waals surface area contributed by atoms with Crippen molar-refractivity contribution < 1.29 is 23.8 Å². The summed E-state index contributed by atoms with van der Waals surface area (Å²) in [7, 11) is 0. The van der Waals surface area contributed by atoms with Gasteiger partial charge in [0.2, 0.25) is 5.91 Å². The number of benzene rings is 1. The molecule has 1 aromatic heterocycles. The van der Waals surface area contributed by atoms with E-state index in [-0.39, 0.29) is 29.1 Å². The molecule has 0 unspecified atom stereocenters. The van der Waals surface area contributed by atoms with Gasteiger partial charge >= 0.3 is 5.97 Å². The van der Waals surface area contributed by atoms with Gasteiger partial charge in [0.1, 0.15) is 24.6 Å². The van der Waals surface area contributed by atoms with Crippen LogP contribution in [-0.4, -0.2) is 46.9 Å². The predicted octanol–water partition coefficient (Wildman–Crippen LogP) is 2.13. The number of anilines is 2. The van der Waals surface area contributed by atoms with Gasteiger partial charge in [-0.3, -0.25) is 4.79 Å². The zero-order chi connectivity index (χ0) is 20.1. The van der Waals surface area contributed by atoms with E-state index in [1.165, 1.54) is 6.20 Å². The number of hydrogen-bond acceptors (Lipinski definition) is 9. The first-order valence-electron chi connectivity index (χ1n) is 8.64. The number of rotatable bonds is 6. The number of nitrogens with two attached hydrogens (primary N) is 1. The molecule has 0 bridgehead atoms. The fraction of sp³-hybridized carbons (Fsp3) is 0.333. The quantitative estimate of drug-likeness (QED) is 0.423. The van der Waals surface area contributed by atoms with Gasteiger partial charge in [-0.2, -0.15) is 0 Å². The summed E-state index contributed by atoms with van der Waals surface area (Å²) in [6.45, 7) is 4.62. The summed E-state index contributed by atoms with van der Waals surface area (Å²) in [5.74, 6) is 0.432. The van der Waals surface area contributed by atoms with Gasteiger partial charge in [0.05, 0.1) is 11.9 Å². The summed E-state index contributed by atoms with van der Waals surface area (Å²) in [5.41, 5.74) is 6.50. The Morgan fingerprint density at radius 1 is 1.32 bits per heavy atom. The number of aromatic nitrogens is 2. The van der Waals surface area contributed by atoms with Crippen LogP contribution < -0.4 is 20.5 Å². The molecule has 1 amide bonds. The number of hydrogen-bond donors (Lipinski definition) is 2. The molecule has 9 nitrogen and oxygen atoms in total. The van der Waals surface area contributed by atoms with Crippen LogP contribution >= 0.6 is 11.8 Å². The molecule has 10 heteroatoms. The Balaban J connectivity index is 1.62. The molecule has 0 aliphatic carbocycles. The molecular weight excluding hydrogens is 384 g/mol. The van der Waals surface area contributed by atoms with E-state index in [1.54, 1.807) is 32.0 Å². The third kappa shape index (κ3) is 4.63. The van der Waals surface area contributed by atoms with Gasteiger partial charge in [0.15, 0.2) is 16.7 Å². The molecule has 0 saturated carbocycles. The average molecular weight is 404 g/mol. The molecule has 0 spiro atoms. The van der Waals surface area contributed by atoms with Gasteiger partial charge in [-0.25, -0.2) is 14.8 Å². The molecule has 148 valence electrons. The molecule has 3 rings (SSSR count). The van der Waals surface area contributed by atoms with Crippen LogP contribution in [0.3, 0.4) is 0 Å². The van der Waals surface area contributed by atoms with E-state index in [2.05, 4.69) is 15.3 Å². The third-order valence-corrected chi connectivity index (χ3v) is 4.73. The highest BCUT2D eigenvalue weighted by Crippen LogP contribution is 2.33. The molecule has 1 atom stereocenters. The highest BCUT2D eigenvalue weighted by Gasteiger charge is 2.20. The standard InChI is InChI=1S/C18H20N4O5S/c1-3-25-17(24)12-9-20-18(22-15(12)19)28-10(2)16(23)21-11-4-5-13-14(8-11)27-7-6-26-13/h4-5,8-10H,3,6-7H2,1-2H3,(H,21,23)(H2,19,20,22)/t10-/m0/s1. The monoisotopic (exact) mass is 404 g/mol. The Bertz CT molecular complexity index is 892. The first-order chi connectivity index (χ1) is 13.5. The van der Waals surface area contributed by atoms with E-state index >= 15 is 0 Å². The first kappa shape index (κ1) is 19.7. The van der Waals surface area contributed by atoms with Crippen LogP contribution in [0.2, 0.25) is 0 Å².